The van der Waals surface area contributed by atoms with Crippen LogP contribution < -0.4 is 0 Å². The van der Waals surface area contributed by atoms with Gasteiger partial charge in [0.05, 0.1) is 11.9 Å². The van der Waals surface area contributed by atoms with Crippen LogP contribution in [0.5, 0.6) is 0 Å². The maximum Gasteiger partial charge on any atom is 0.121 e. The molecule has 0 aliphatic heterocycles. The first-order chi connectivity index (χ1) is 4.85. The second-order valence-corrected chi connectivity index (χ2v) is 2.07. The lowest BCUT2D eigenvalue weighted by Crippen LogP contribution is -2.25. The van der Waals surface area contributed by atoms with Gasteiger partial charge in [-0.25, -0.2) is 0 Å². The molecule has 0 aromatic heterocycles. The van der Waals surface area contributed by atoms with E-state index >= 15 is 0 Å². The van der Waals surface area contributed by atoms with E-state index in [0.29, 0.717) is 6.73 Å². The molecule has 0 saturated heterocycles. The third kappa shape index (κ3) is 4.56. The van der Waals surface area contributed by atoms with Crippen molar-refractivity contribution in [1.82, 2.24) is 4.90 Å². The van der Waals surface area contributed by atoms with Crippen LogP contribution in [0.1, 0.15) is 0 Å². The van der Waals surface area contributed by atoms with Gasteiger partial charge in [0.2, 0.25) is 0 Å². The molecule has 0 unspecified atom stereocenters. The maximum atomic E-state index is 5.06. The van der Waals surface area contributed by atoms with Crippen molar-refractivity contribution in [1.29, 1.82) is 0 Å². The number of nitrogens with zero attached hydrogens (tertiary/aromatic N) is 1. The summed E-state index contributed by atoms with van der Waals surface area (Å²) in [5.74, 6) is 0. The summed E-state index contributed by atoms with van der Waals surface area (Å²) < 4.78 is 4.41. The van der Waals surface area contributed by atoms with Gasteiger partial charge in [-0.15, -0.1) is 13.2 Å². The zero-order valence-electron chi connectivity index (χ0n) is 5.92. The van der Waals surface area contributed by atoms with Gasteiger partial charge in [-0.1, -0.05) is 12.2 Å². The smallest absolute Gasteiger partial charge is 0.121 e. The lowest BCUT2D eigenvalue weighted by atomic mass is 10.5. The average molecular weight is 162 g/mol. The van der Waals surface area contributed by atoms with Crippen LogP contribution >= 0.6 is 11.9 Å². The summed E-state index contributed by atoms with van der Waals surface area (Å²) in [7, 11) is 0. The number of halogens is 1. The standard InChI is InChI=1S/C7H12ClNO/c1-3-5-9(6-4-2)7-10-8/h3-4H,1-2,5-7H2. The van der Waals surface area contributed by atoms with E-state index in [1.807, 2.05) is 4.90 Å². The molecule has 0 heterocycles. The normalized spacial score (nSPS) is 9.80. The van der Waals surface area contributed by atoms with Crippen LogP contribution in [0.2, 0.25) is 0 Å². The highest BCUT2D eigenvalue weighted by Gasteiger charge is 1.97. The molecule has 3 heteroatoms. The van der Waals surface area contributed by atoms with Gasteiger partial charge in [-0.05, 0) is 0 Å². The van der Waals surface area contributed by atoms with Gasteiger partial charge in [0.1, 0.15) is 6.73 Å². The minimum Gasteiger partial charge on any atom is -0.272 e. The molecule has 0 atom stereocenters. The van der Waals surface area contributed by atoms with Crippen LogP contribution in [0, 0.1) is 0 Å². The van der Waals surface area contributed by atoms with E-state index in [4.69, 9.17) is 11.9 Å². The first-order valence-electron chi connectivity index (χ1n) is 3.02. The maximum absolute atomic E-state index is 5.06. The highest BCUT2D eigenvalue weighted by Crippen LogP contribution is 1.91. The molecule has 58 valence electrons. The average Bonchev–Trinajstić information content (AvgIpc) is 1.90. The van der Waals surface area contributed by atoms with Gasteiger partial charge in [-0.2, -0.15) is 0 Å². The molecule has 0 bridgehead atoms. The molecule has 0 fully saturated rings. The van der Waals surface area contributed by atoms with Crippen LogP contribution in [-0.2, 0) is 4.29 Å². The Bertz CT molecular complexity index is 95.8. The first kappa shape index (κ1) is 9.69. The topological polar surface area (TPSA) is 12.5 Å². The van der Waals surface area contributed by atoms with Gasteiger partial charge < -0.3 is 0 Å². The molecule has 0 amide bonds. The second-order valence-electron chi connectivity index (χ2n) is 1.85. The summed E-state index contributed by atoms with van der Waals surface area (Å²) in [5.41, 5.74) is 0. The van der Waals surface area contributed by atoms with E-state index in [-0.39, 0.29) is 0 Å². The third-order valence-electron chi connectivity index (χ3n) is 1.01. The molecule has 0 radical (unpaired) electrons. The largest absolute Gasteiger partial charge is 0.272 e. The molecule has 0 N–H and O–H groups in total. The van der Waals surface area contributed by atoms with Crippen molar-refractivity contribution in [2.24, 2.45) is 0 Å². The Morgan fingerprint density at radius 2 is 1.80 bits per heavy atom. The Hall–Kier alpha value is -0.310. The third-order valence-corrected chi connectivity index (χ3v) is 1.10. The van der Waals surface area contributed by atoms with Crippen molar-refractivity contribution < 1.29 is 4.29 Å². The van der Waals surface area contributed by atoms with Crippen molar-refractivity contribution in [3.8, 4) is 0 Å². The van der Waals surface area contributed by atoms with Crippen molar-refractivity contribution in [3.63, 3.8) is 0 Å². The Labute approximate surface area is 66.9 Å². The van der Waals surface area contributed by atoms with Gasteiger partial charge >= 0.3 is 0 Å². The summed E-state index contributed by atoms with van der Waals surface area (Å²) in [6.45, 7) is 9.11. The SMILES string of the molecule is C=CCN(CC=C)COCl. The highest BCUT2D eigenvalue weighted by atomic mass is 35.5. The number of rotatable bonds is 6. The monoisotopic (exact) mass is 161 g/mol. The van der Waals surface area contributed by atoms with E-state index < -0.39 is 0 Å². The molecule has 0 saturated carbocycles. The fourth-order valence-electron chi connectivity index (χ4n) is 0.614. The van der Waals surface area contributed by atoms with E-state index in [9.17, 15) is 0 Å². The molecule has 0 aliphatic carbocycles. The van der Waals surface area contributed by atoms with Gasteiger partial charge in [0.15, 0.2) is 0 Å². The molecule has 10 heavy (non-hydrogen) atoms. The lowest BCUT2D eigenvalue weighted by Gasteiger charge is -2.15. The molecule has 0 spiro atoms. The molecular weight excluding hydrogens is 150 g/mol. The molecule has 0 rings (SSSR count). The Balaban J connectivity index is 3.48. The molecule has 2 nitrogen and oxygen atoms in total. The predicted octanol–water partition coefficient (Wildman–Crippen LogP) is 1.79. The molecule has 0 aliphatic rings. The van der Waals surface area contributed by atoms with E-state index in [2.05, 4.69) is 17.4 Å². The summed E-state index contributed by atoms with van der Waals surface area (Å²) in [6.07, 6.45) is 3.58. The highest BCUT2D eigenvalue weighted by molar-refractivity contribution is 6.07. The van der Waals surface area contributed by atoms with Crippen molar-refractivity contribution in [2.45, 2.75) is 0 Å². The molecule has 0 aromatic rings. The quantitative estimate of drug-likeness (QED) is 0.435. The summed E-state index contributed by atoms with van der Waals surface area (Å²) in [6, 6.07) is 0. The zero-order valence-corrected chi connectivity index (χ0v) is 6.68. The molecular formula is C7H12ClNO. The van der Waals surface area contributed by atoms with Gasteiger partial charge in [0.25, 0.3) is 0 Å². The first-order valence-corrected chi connectivity index (χ1v) is 3.33. The summed E-state index contributed by atoms with van der Waals surface area (Å²) in [5, 5.41) is 0. The fourth-order valence-corrected chi connectivity index (χ4v) is 0.752. The zero-order chi connectivity index (χ0) is 7.82. The summed E-state index contributed by atoms with van der Waals surface area (Å²) >= 11 is 5.06. The summed E-state index contributed by atoms with van der Waals surface area (Å²) in [4.78, 5) is 1.95. The van der Waals surface area contributed by atoms with Crippen LogP contribution in [0.25, 0.3) is 0 Å². The van der Waals surface area contributed by atoms with Crippen molar-refractivity contribution >= 4 is 11.9 Å². The van der Waals surface area contributed by atoms with Crippen LogP contribution in [0.15, 0.2) is 25.3 Å². The Morgan fingerprint density at radius 1 is 1.30 bits per heavy atom. The van der Waals surface area contributed by atoms with Crippen molar-refractivity contribution in [3.05, 3.63) is 25.3 Å². The van der Waals surface area contributed by atoms with Gasteiger partial charge in [0, 0.05) is 13.1 Å². The minimum absolute atomic E-state index is 0.402. The Morgan fingerprint density at radius 3 is 2.10 bits per heavy atom. The second kappa shape index (κ2) is 6.81. The van der Waals surface area contributed by atoms with E-state index in [1.165, 1.54) is 0 Å². The number of hydrogen-bond acceptors (Lipinski definition) is 2. The predicted molar refractivity (Wildman–Crippen MR) is 43.8 cm³/mol. The lowest BCUT2D eigenvalue weighted by molar-refractivity contribution is 0.163. The number of hydrogen-bond donors (Lipinski definition) is 0. The van der Waals surface area contributed by atoms with Gasteiger partial charge in [-0.3, -0.25) is 9.19 Å². The Kier molecular flexibility index (Phi) is 6.59. The van der Waals surface area contributed by atoms with E-state index in [0.717, 1.165) is 13.1 Å². The van der Waals surface area contributed by atoms with Crippen molar-refractivity contribution in [2.75, 3.05) is 19.8 Å². The van der Waals surface area contributed by atoms with Crippen LogP contribution in [0.4, 0.5) is 0 Å². The fraction of sp³-hybridized carbons (Fsp3) is 0.429. The van der Waals surface area contributed by atoms with E-state index in [1.54, 1.807) is 12.2 Å². The molecule has 0 aromatic carbocycles. The van der Waals surface area contributed by atoms with Crippen LogP contribution in [-0.4, -0.2) is 24.7 Å². The minimum atomic E-state index is 0.402. The van der Waals surface area contributed by atoms with Crippen LogP contribution in [0.3, 0.4) is 0 Å².